The normalized spacial score (nSPS) is 10.7. The van der Waals surface area contributed by atoms with E-state index in [9.17, 15) is 9.18 Å². The van der Waals surface area contributed by atoms with Crippen LogP contribution in [-0.2, 0) is 4.74 Å². The molecule has 0 bridgehead atoms. The van der Waals surface area contributed by atoms with Crippen LogP contribution in [0.25, 0.3) is 10.2 Å². The predicted octanol–water partition coefficient (Wildman–Crippen LogP) is 4.31. The zero-order valence-electron chi connectivity index (χ0n) is 9.09. The molecule has 1 heterocycles. The highest BCUT2D eigenvalue weighted by molar-refractivity contribution is 7.22. The highest BCUT2D eigenvalue weighted by Crippen LogP contribution is 2.38. The number of anilines is 1. The Kier molecular flexibility index (Phi) is 3.89. The average Bonchev–Trinajstić information content (AvgIpc) is 2.67. The number of nitrogens with one attached hydrogen (secondary N) is 1. The molecule has 4 nitrogen and oxygen atoms in total. The number of amides is 1. The molecule has 1 aromatic heterocycles. The van der Waals surface area contributed by atoms with Gasteiger partial charge >= 0.3 is 6.09 Å². The zero-order chi connectivity index (χ0) is 13.3. The van der Waals surface area contributed by atoms with E-state index in [1.54, 1.807) is 6.92 Å². The number of carbonyl (C=O) groups excluding carboxylic acids is 1. The first-order valence-electron chi connectivity index (χ1n) is 4.90. The van der Waals surface area contributed by atoms with Gasteiger partial charge < -0.3 is 4.74 Å². The summed E-state index contributed by atoms with van der Waals surface area (Å²) in [7, 11) is 0. The van der Waals surface area contributed by atoms with Gasteiger partial charge in [-0.2, -0.15) is 0 Å². The minimum atomic E-state index is -0.746. The summed E-state index contributed by atoms with van der Waals surface area (Å²) in [5, 5.41) is 2.45. The third-order valence-corrected chi connectivity index (χ3v) is 3.51. The number of benzene rings is 1. The number of carbonyl (C=O) groups is 1. The highest BCUT2D eigenvalue weighted by Gasteiger charge is 2.18. The van der Waals surface area contributed by atoms with Crippen LogP contribution < -0.4 is 5.32 Å². The van der Waals surface area contributed by atoms with Crippen LogP contribution in [0.1, 0.15) is 6.92 Å². The Morgan fingerprint density at radius 1 is 1.61 bits per heavy atom. The molecular formula is C10H7Cl2FN2O2S. The number of rotatable bonds is 2. The van der Waals surface area contributed by atoms with E-state index in [0.717, 1.165) is 17.4 Å². The number of hydrogen-bond acceptors (Lipinski definition) is 4. The number of ether oxygens (including phenoxy) is 1. The maximum Gasteiger partial charge on any atom is 0.411 e. The molecule has 0 unspecified atom stereocenters. The number of nitrogens with zero attached hydrogens (tertiary/aromatic N) is 1. The zero-order valence-corrected chi connectivity index (χ0v) is 11.4. The van der Waals surface area contributed by atoms with E-state index in [-0.39, 0.29) is 21.8 Å². The van der Waals surface area contributed by atoms with Crippen molar-refractivity contribution in [1.82, 2.24) is 4.98 Å². The predicted molar refractivity (Wildman–Crippen MR) is 70.2 cm³/mol. The molecule has 1 amide bonds. The average molecular weight is 309 g/mol. The minimum Gasteiger partial charge on any atom is -0.450 e. The first kappa shape index (κ1) is 13.3. The Morgan fingerprint density at radius 2 is 2.33 bits per heavy atom. The van der Waals surface area contributed by atoms with Gasteiger partial charge in [0.15, 0.2) is 4.47 Å². The molecule has 0 saturated heterocycles. The summed E-state index contributed by atoms with van der Waals surface area (Å²) >= 11 is 12.6. The molecule has 2 aromatic rings. The summed E-state index contributed by atoms with van der Waals surface area (Å²) < 4.78 is 19.0. The lowest BCUT2D eigenvalue weighted by Crippen LogP contribution is -2.14. The van der Waals surface area contributed by atoms with E-state index in [4.69, 9.17) is 23.2 Å². The molecule has 0 spiro atoms. The SMILES string of the molecule is CCOC(=O)Nc1c(F)cc(Cl)c2nc(Cl)sc12. The van der Waals surface area contributed by atoms with Crippen molar-refractivity contribution in [3.63, 3.8) is 0 Å². The minimum absolute atomic E-state index is 0.0303. The monoisotopic (exact) mass is 308 g/mol. The van der Waals surface area contributed by atoms with Crippen LogP contribution in [0, 0.1) is 5.82 Å². The number of halogens is 3. The van der Waals surface area contributed by atoms with Crippen molar-refractivity contribution in [2.45, 2.75) is 6.92 Å². The van der Waals surface area contributed by atoms with Crippen molar-refractivity contribution in [1.29, 1.82) is 0 Å². The van der Waals surface area contributed by atoms with Crippen LogP contribution in [0.15, 0.2) is 6.07 Å². The highest BCUT2D eigenvalue weighted by atomic mass is 35.5. The fraction of sp³-hybridized carbons (Fsp3) is 0.200. The van der Waals surface area contributed by atoms with Crippen molar-refractivity contribution in [3.05, 3.63) is 21.4 Å². The molecule has 8 heteroatoms. The van der Waals surface area contributed by atoms with Gasteiger partial charge in [-0.25, -0.2) is 14.2 Å². The first-order valence-corrected chi connectivity index (χ1v) is 6.48. The standard InChI is InChI=1S/C10H7Cl2FN2O2S/c1-2-17-10(16)15-7-5(13)3-4(11)6-8(7)18-9(12)14-6/h3H,2H2,1H3,(H,15,16). The smallest absolute Gasteiger partial charge is 0.411 e. The molecule has 96 valence electrons. The number of hydrogen-bond donors (Lipinski definition) is 1. The van der Waals surface area contributed by atoms with Gasteiger partial charge in [0, 0.05) is 0 Å². The van der Waals surface area contributed by atoms with Crippen molar-refractivity contribution in [3.8, 4) is 0 Å². The maximum atomic E-state index is 13.8. The van der Waals surface area contributed by atoms with Crippen molar-refractivity contribution >= 4 is 56.5 Å². The van der Waals surface area contributed by atoms with Gasteiger partial charge in [-0.3, -0.25) is 5.32 Å². The summed E-state index contributed by atoms with van der Waals surface area (Å²) in [5.74, 6) is -0.666. The van der Waals surface area contributed by atoms with E-state index in [0.29, 0.717) is 10.2 Å². The van der Waals surface area contributed by atoms with Crippen molar-refractivity contribution in [2.75, 3.05) is 11.9 Å². The Hall–Kier alpha value is -1.11. The van der Waals surface area contributed by atoms with Crippen LogP contribution >= 0.6 is 34.5 Å². The number of aromatic nitrogens is 1. The summed E-state index contributed by atoms with van der Waals surface area (Å²) in [6.07, 6.45) is -0.746. The van der Waals surface area contributed by atoms with Gasteiger partial charge in [0.1, 0.15) is 11.3 Å². The number of thiazole rings is 1. The lowest BCUT2D eigenvalue weighted by atomic mass is 10.3. The molecule has 18 heavy (non-hydrogen) atoms. The molecule has 0 atom stereocenters. The quantitative estimate of drug-likeness (QED) is 0.899. The summed E-state index contributed by atoms with van der Waals surface area (Å²) in [4.78, 5) is 15.3. The first-order chi connectivity index (χ1) is 8.52. The van der Waals surface area contributed by atoms with E-state index in [1.807, 2.05) is 0 Å². The number of fused-ring (bicyclic) bond motifs is 1. The third-order valence-electron chi connectivity index (χ3n) is 2.05. The van der Waals surface area contributed by atoms with E-state index in [1.165, 1.54) is 0 Å². The summed E-state index contributed by atoms with van der Waals surface area (Å²) in [6, 6.07) is 1.07. The maximum absolute atomic E-state index is 13.8. The van der Waals surface area contributed by atoms with Gasteiger partial charge in [0.25, 0.3) is 0 Å². The molecule has 0 fully saturated rings. The van der Waals surface area contributed by atoms with Crippen LogP contribution in [0.3, 0.4) is 0 Å². The van der Waals surface area contributed by atoms with E-state index < -0.39 is 11.9 Å². The van der Waals surface area contributed by atoms with Crippen molar-refractivity contribution < 1.29 is 13.9 Å². The lowest BCUT2D eigenvalue weighted by molar-refractivity contribution is 0.168. The Labute approximate surface area is 116 Å². The van der Waals surface area contributed by atoms with Crippen LogP contribution in [0.4, 0.5) is 14.9 Å². The Morgan fingerprint density at radius 3 is 3.00 bits per heavy atom. The molecule has 2 rings (SSSR count). The largest absolute Gasteiger partial charge is 0.450 e. The van der Waals surface area contributed by atoms with Gasteiger partial charge in [-0.15, -0.1) is 11.3 Å². The fourth-order valence-corrected chi connectivity index (χ4v) is 2.78. The van der Waals surface area contributed by atoms with Gasteiger partial charge in [0.2, 0.25) is 0 Å². The molecule has 0 aliphatic heterocycles. The lowest BCUT2D eigenvalue weighted by Gasteiger charge is -2.07. The fourth-order valence-electron chi connectivity index (χ4n) is 1.37. The molecule has 1 aromatic carbocycles. The van der Waals surface area contributed by atoms with Crippen LogP contribution in [0.5, 0.6) is 0 Å². The molecule has 0 radical (unpaired) electrons. The van der Waals surface area contributed by atoms with E-state index >= 15 is 0 Å². The van der Waals surface area contributed by atoms with Gasteiger partial charge in [-0.1, -0.05) is 23.2 Å². The molecule has 0 aliphatic carbocycles. The van der Waals surface area contributed by atoms with Crippen LogP contribution in [-0.4, -0.2) is 17.7 Å². The van der Waals surface area contributed by atoms with Gasteiger partial charge in [0.05, 0.1) is 22.0 Å². The molecule has 0 saturated carbocycles. The Bertz CT molecular complexity index is 617. The Balaban J connectivity index is 2.52. The van der Waals surface area contributed by atoms with Gasteiger partial charge in [-0.05, 0) is 13.0 Å². The second-order valence-electron chi connectivity index (χ2n) is 3.21. The molecule has 1 N–H and O–H groups in total. The molecule has 0 aliphatic rings. The molecular weight excluding hydrogens is 302 g/mol. The second-order valence-corrected chi connectivity index (χ2v) is 5.19. The van der Waals surface area contributed by atoms with E-state index in [2.05, 4.69) is 15.0 Å². The second kappa shape index (κ2) is 5.26. The van der Waals surface area contributed by atoms with Crippen LogP contribution in [0.2, 0.25) is 9.49 Å². The summed E-state index contributed by atoms with van der Waals surface area (Å²) in [6.45, 7) is 1.84. The topological polar surface area (TPSA) is 51.2 Å². The van der Waals surface area contributed by atoms with Crippen molar-refractivity contribution in [2.24, 2.45) is 0 Å². The summed E-state index contributed by atoms with van der Waals surface area (Å²) in [5.41, 5.74) is 0.317. The third kappa shape index (κ3) is 2.50.